The second kappa shape index (κ2) is 8.12. The lowest BCUT2D eigenvalue weighted by Gasteiger charge is -2.09. The number of aromatic nitrogens is 1. The molecule has 0 unspecified atom stereocenters. The zero-order valence-corrected chi connectivity index (χ0v) is 19.4. The fourth-order valence-electron chi connectivity index (χ4n) is 4.35. The molecular formula is C26H23ClN2O4. The molecule has 2 N–H and O–H groups in total. The first-order chi connectivity index (χ1) is 15.8. The van der Waals surface area contributed by atoms with Crippen LogP contribution in [0, 0.1) is 20.8 Å². The monoisotopic (exact) mass is 462 g/mol. The summed E-state index contributed by atoms with van der Waals surface area (Å²) in [5, 5.41) is 6.41. The van der Waals surface area contributed by atoms with Crippen LogP contribution in [-0.2, 0) is 17.6 Å². The summed E-state index contributed by atoms with van der Waals surface area (Å²) in [5.41, 5.74) is 4.89. The molecule has 33 heavy (non-hydrogen) atoms. The molecule has 0 aliphatic rings. The molecule has 0 saturated heterocycles. The Bertz CT molecular complexity index is 1610. The molecule has 0 spiro atoms. The van der Waals surface area contributed by atoms with Gasteiger partial charge in [-0.05, 0) is 68.1 Å². The van der Waals surface area contributed by atoms with Crippen molar-refractivity contribution in [2.45, 2.75) is 33.6 Å². The van der Waals surface area contributed by atoms with Gasteiger partial charge in [0.2, 0.25) is 5.91 Å². The average molecular weight is 463 g/mol. The SMILES string of the molecule is Cc1oc2cc3oc(=O)c(CC(=O)NCCc4c[nH]c5ccc(Cl)cc45)c(C)c3cc2c1C. The number of amides is 1. The highest BCUT2D eigenvalue weighted by atomic mass is 35.5. The van der Waals surface area contributed by atoms with Gasteiger partial charge in [-0.15, -0.1) is 0 Å². The van der Waals surface area contributed by atoms with Crippen LogP contribution in [0.4, 0.5) is 0 Å². The smallest absolute Gasteiger partial charge is 0.340 e. The molecule has 2 aromatic carbocycles. The van der Waals surface area contributed by atoms with Crippen molar-refractivity contribution in [3.8, 4) is 0 Å². The van der Waals surface area contributed by atoms with E-state index >= 15 is 0 Å². The van der Waals surface area contributed by atoms with E-state index in [0.29, 0.717) is 34.7 Å². The third kappa shape index (κ3) is 3.80. The summed E-state index contributed by atoms with van der Waals surface area (Å²) in [6, 6.07) is 9.40. The molecular weight excluding hydrogens is 440 g/mol. The Kier molecular flexibility index (Phi) is 5.25. The molecule has 0 aliphatic carbocycles. The van der Waals surface area contributed by atoms with E-state index in [4.69, 9.17) is 20.4 Å². The number of carbonyl (C=O) groups is 1. The number of halogens is 1. The van der Waals surface area contributed by atoms with Gasteiger partial charge in [0.05, 0.1) is 12.0 Å². The van der Waals surface area contributed by atoms with E-state index < -0.39 is 5.63 Å². The van der Waals surface area contributed by atoms with Crippen LogP contribution in [-0.4, -0.2) is 17.4 Å². The third-order valence-electron chi connectivity index (χ3n) is 6.37. The number of H-pyrrole nitrogens is 1. The summed E-state index contributed by atoms with van der Waals surface area (Å²) >= 11 is 6.11. The number of carbonyl (C=O) groups excluding carboxylic acids is 1. The first-order valence-electron chi connectivity index (χ1n) is 10.8. The van der Waals surface area contributed by atoms with E-state index in [-0.39, 0.29) is 12.3 Å². The first kappa shape index (κ1) is 21.3. The van der Waals surface area contributed by atoms with Gasteiger partial charge >= 0.3 is 5.63 Å². The van der Waals surface area contributed by atoms with Crippen molar-refractivity contribution in [3.63, 3.8) is 0 Å². The summed E-state index contributed by atoms with van der Waals surface area (Å²) in [6.07, 6.45) is 2.54. The topological polar surface area (TPSA) is 88.2 Å². The minimum absolute atomic E-state index is 0.0365. The van der Waals surface area contributed by atoms with E-state index in [1.54, 1.807) is 6.07 Å². The molecule has 0 atom stereocenters. The number of rotatable bonds is 5. The normalized spacial score (nSPS) is 11.6. The number of fused-ring (bicyclic) bond motifs is 3. The number of hydrogen-bond acceptors (Lipinski definition) is 4. The Morgan fingerprint density at radius 3 is 2.58 bits per heavy atom. The lowest BCUT2D eigenvalue weighted by molar-refractivity contribution is -0.120. The maximum absolute atomic E-state index is 12.6. The Morgan fingerprint density at radius 1 is 1.00 bits per heavy atom. The van der Waals surface area contributed by atoms with Crippen molar-refractivity contribution >= 4 is 50.3 Å². The van der Waals surface area contributed by atoms with Crippen LogP contribution in [0.3, 0.4) is 0 Å². The number of nitrogens with one attached hydrogen (secondary N) is 2. The van der Waals surface area contributed by atoms with Crippen LogP contribution < -0.4 is 10.9 Å². The predicted octanol–water partition coefficient (Wildman–Crippen LogP) is 5.50. The van der Waals surface area contributed by atoms with E-state index in [9.17, 15) is 9.59 Å². The van der Waals surface area contributed by atoms with Crippen molar-refractivity contribution in [2.24, 2.45) is 0 Å². The highest BCUT2D eigenvalue weighted by Crippen LogP contribution is 2.31. The standard InChI is InChI=1S/C26H23ClN2O4/c1-13-15(3)32-23-11-24-19(9-18(13)23)14(2)20(26(31)33-24)10-25(30)28-7-6-16-12-29-22-5-4-17(27)8-21(16)22/h4-5,8-9,11-12,29H,6-7,10H2,1-3H3,(H,28,30). The molecule has 7 heteroatoms. The first-order valence-corrected chi connectivity index (χ1v) is 11.2. The minimum atomic E-state index is -0.499. The molecule has 0 saturated carbocycles. The molecule has 3 aromatic heterocycles. The second-order valence-electron chi connectivity index (χ2n) is 8.40. The molecule has 0 fully saturated rings. The second-order valence-corrected chi connectivity index (χ2v) is 8.84. The minimum Gasteiger partial charge on any atom is -0.461 e. The Morgan fingerprint density at radius 2 is 1.76 bits per heavy atom. The van der Waals surface area contributed by atoms with Crippen molar-refractivity contribution < 1.29 is 13.6 Å². The summed E-state index contributed by atoms with van der Waals surface area (Å²) in [4.78, 5) is 28.5. The Labute approximate surface area is 194 Å². The summed E-state index contributed by atoms with van der Waals surface area (Å²) in [6.45, 7) is 6.21. The van der Waals surface area contributed by atoms with Gasteiger partial charge in [0.15, 0.2) is 0 Å². The number of aryl methyl sites for hydroxylation is 3. The molecule has 168 valence electrons. The van der Waals surface area contributed by atoms with Crippen molar-refractivity contribution in [2.75, 3.05) is 6.54 Å². The van der Waals surface area contributed by atoms with Crippen LogP contribution in [0.2, 0.25) is 5.02 Å². The van der Waals surface area contributed by atoms with Gasteiger partial charge in [-0.25, -0.2) is 4.79 Å². The molecule has 1 amide bonds. The van der Waals surface area contributed by atoms with Crippen molar-refractivity contribution in [1.29, 1.82) is 0 Å². The lowest BCUT2D eigenvalue weighted by atomic mass is 10.0. The average Bonchev–Trinajstić information content (AvgIpc) is 3.30. The van der Waals surface area contributed by atoms with Crippen LogP contribution in [0.1, 0.15) is 28.0 Å². The lowest BCUT2D eigenvalue weighted by Crippen LogP contribution is -2.29. The zero-order chi connectivity index (χ0) is 23.3. The fourth-order valence-corrected chi connectivity index (χ4v) is 4.52. The maximum Gasteiger partial charge on any atom is 0.340 e. The zero-order valence-electron chi connectivity index (χ0n) is 18.6. The van der Waals surface area contributed by atoms with E-state index in [1.165, 1.54) is 0 Å². The van der Waals surface area contributed by atoms with Gasteiger partial charge in [-0.1, -0.05) is 11.6 Å². The predicted molar refractivity (Wildman–Crippen MR) is 130 cm³/mol. The van der Waals surface area contributed by atoms with Crippen LogP contribution >= 0.6 is 11.6 Å². The van der Waals surface area contributed by atoms with Gasteiger partial charge in [-0.2, -0.15) is 0 Å². The number of aromatic amines is 1. The number of hydrogen-bond donors (Lipinski definition) is 2. The van der Waals surface area contributed by atoms with Gasteiger partial charge in [-0.3, -0.25) is 4.79 Å². The Balaban J connectivity index is 1.35. The third-order valence-corrected chi connectivity index (χ3v) is 6.60. The van der Waals surface area contributed by atoms with Gasteiger partial charge < -0.3 is 19.1 Å². The molecule has 0 bridgehead atoms. The molecule has 5 rings (SSSR count). The number of furan rings is 1. The molecule has 6 nitrogen and oxygen atoms in total. The van der Waals surface area contributed by atoms with Crippen LogP contribution in [0.5, 0.6) is 0 Å². The van der Waals surface area contributed by atoms with E-state index in [2.05, 4.69) is 10.3 Å². The summed E-state index contributed by atoms with van der Waals surface area (Å²) in [7, 11) is 0. The molecule has 0 radical (unpaired) electrons. The molecule has 0 aliphatic heterocycles. The highest BCUT2D eigenvalue weighted by molar-refractivity contribution is 6.31. The summed E-state index contributed by atoms with van der Waals surface area (Å²) < 4.78 is 11.3. The maximum atomic E-state index is 12.6. The van der Waals surface area contributed by atoms with Gasteiger partial charge in [0.1, 0.15) is 16.9 Å². The van der Waals surface area contributed by atoms with E-state index in [1.807, 2.05) is 51.2 Å². The quantitative estimate of drug-likeness (QED) is 0.337. The Hall–Kier alpha value is -3.51. The van der Waals surface area contributed by atoms with Gasteiger partial charge in [0.25, 0.3) is 0 Å². The van der Waals surface area contributed by atoms with E-state index in [0.717, 1.165) is 44.1 Å². The van der Waals surface area contributed by atoms with Crippen molar-refractivity contribution in [1.82, 2.24) is 10.3 Å². The van der Waals surface area contributed by atoms with Crippen molar-refractivity contribution in [3.05, 3.63) is 80.0 Å². The van der Waals surface area contributed by atoms with Gasteiger partial charge in [0, 0.05) is 45.5 Å². The van der Waals surface area contributed by atoms with Crippen LogP contribution in [0.25, 0.3) is 32.8 Å². The summed E-state index contributed by atoms with van der Waals surface area (Å²) in [5.74, 6) is 0.608. The largest absolute Gasteiger partial charge is 0.461 e. The number of benzene rings is 2. The van der Waals surface area contributed by atoms with Crippen LogP contribution in [0.15, 0.2) is 50.2 Å². The molecule has 5 aromatic rings. The molecule has 3 heterocycles. The fraction of sp³-hybridized carbons (Fsp3) is 0.231. The highest BCUT2D eigenvalue weighted by Gasteiger charge is 2.17.